The highest BCUT2D eigenvalue weighted by Crippen LogP contribution is 2.18. The van der Waals surface area contributed by atoms with E-state index in [-0.39, 0.29) is 12.1 Å². The first-order valence-electron chi connectivity index (χ1n) is 6.51. The number of nitrogens with zero attached hydrogens (tertiary/aromatic N) is 4. The quantitative estimate of drug-likeness (QED) is 0.904. The van der Waals surface area contributed by atoms with Crippen molar-refractivity contribution in [1.82, 2.24) is 19.5 Å². The van der Waals surface area contributed by atoms with Gasteiger partial charge in [0.15, 0.2) is 0 Å². The molecule has 3 heterocycles. The molecule has 0 saturated carbocycles. The summed E-state index contributed by atoms with van der Waals surface area (Å²) in [6.07, 6.45) is 9.37. The SMILES string of the molecule is C[C@H](Nc1cc(-n2ccnc2)ncn1)[C@H]1CCCO1. The molecule has 100 valence electrons. The van der Waals surface area contributed by atoms with Crippen LogP contribution in [-0.4, -0.2) is 38.3 Å². The van der Waals surface area contributed by atoms with Crippen LogP contribution in [0.1, 0.15) is 19.8 Å². The molecule has 1 fully saturated rings. The van der Waals surface area contributed by atoms with Crippen molar-refractivity contribution in [3.63, 3.8) is 0 Å². The third-order valence-corrected chi connectivity index (χ3v) is 3.32. The summed E-state index contributed by atoms with van der Waals surface area (Å²) in [5.41, 5.74) is 0. The van der Waals surface area contributed by atoms with Crippen molar-refractivity contribution in [2.45, 2.75) is 31.9 Å². The Morgan fingerprint density at radius 2 is 2.42 bits per heavy atom. The summed E-state index contributed by atoms with van der Waals surface area (Å²) in [6, 6.07) is 2.15. The van der Waals surface area contributed by atoms with Gasteiger partial charge < -0.3 is 10.1 Å². The Kier molecular flexibility index (Phi) is 3.41. The summed E-state index contributed by atoms with van der Waals surface area (Å²) in [5.74, 6) is 1.61. The van der Waals surface area contributed by atoms with E-state index in [0.29, 0.717) is 0 Å². The maximum Gasteiger partial charge on any atom is 0.143 e. The number of rotatable bonds is 4. The first kappa shape index (κ1) is 12.1. The van der Waals surface area contributed by atoms with Crippen molar-refractivity contribution in [3.8, 4) is 5.82 Å². The Morgan fingerprint density at radius 3 is 3.16 bits per heavy atom. The molecule has 1 aliphatic rings. The molecule has 2 atom stereocenters. The van der Waals surface area contributed by atoms with Crippen molar-refractivity contribution in [2.24, 2.45) is 0 Å². The first-order valence-corrected chi connectivity index (χ1v) is 6.51. The Morgan fingerprint density at radius 1 is 1.47 bits per heavy atom. The third kappa shape index (κ3) is 2.73. The molecule has 1 N–H and O–H groups in total. The number of anilines is 1. The van der Waals surface area contributed by atoms with Gasteiger partial charge in [0.1, 0.15) is 24.3 Å². The number of ether oxygens (including phenoxy) is 1. The van der Waals surface area contributed by atoms with Crippen LogP contribution in [0.2, 0.25) is 0 Å². The van der Waals surface area contributed by atoms with Crippen molar-refractivity contribution >= 4 is 5.82 Å². The third-order valence-electron chi connectivity index (χ3n) is 3.32. The van der Waals surface area contributed by atoms with Crippen molar-refractivity contribution in [3.05, 3.63) is 31.1 Å². The van der Waals surface area contributed by atoms with E-state index in [9.17, 15) is 0 Å². The minimum Gasteiger partial charge on any atom is -0.376 e. The van der Waals surface area contributed by atoms with E-state index in [1.165, 1.54) is 0 Å². The molecule has 2 aromatic heterocycles. The molecule has 6 heteroatoms. The molecular formula is C13H17N5O. The van der Waals surface area contributed by atoms with Gasteiger partial charge in [-0.25, -0.2) is 15.0 Å². The molecule has 1 aliphatic heterocycles. The fourth-order valence-electron chi connectivity index (χ4n) is 2.28. The van der Waals surface area contributed by atoms with E-state index >= 15 is 0 Å². The van der Waals surface area contributed by atoms with Gasteiger partial charge in [-0.3, -0.25) is 4.57 Å². The van der Waals surface area contributed by atoms with Gasteiger partial charge in [-0.2, -0.15) is 0 Å². The van der Waals surface area contributed by atoms with E-state index in [1.54, 1.807) is 18.9 Å². The number of hydrogen-bond acceptors (Lipinski definition) is 5. The number of aromatic nitrogens is 4. The molecule has 1 saturated heterocycles. The lowest BCUT2D eigenvalue weighted by atomic mass is 10.1. The second-order valence-electron chi connectivity index (χ2n) is 4.72. The summed E-state index contributed by atoms with van der Waals surface area (Å²) in [4.78, 5) is 12.5. The van der Waals surface area contributed by atoms with Gasteiger partial charge in [0.05, 0.1) is 12.1 Å². The minimum absolute atomic E-state index is 0.244. The maximum absolute atomic E-state index is 5.67. The van der Waals surface area contributed by atoms with E-state index in [2.05, 4.69) is 27.2 Å². The molecule has 0 spiro atoms. The molecule has 6 nitrogen and oxygen atoms in total. The van der Waals surface area contributed by atoms with Crippen LogP contribution in [0, 0.1) is 0 Å². The predicted octanol–water partition coefficient (Wildman–Crippen LogP) is 1.64. The van der Waals surface area contributed by atoms with Crippen molar-refractivity contribution in [1.29, 1.82) is 0 Å². The summed E-state index contributed by atoms with van der Waals surface area (Å²) in [5, 5.41) is 3.38. The maximum atomic E-state index is 5.67. The van der Waals surface area contributed by atoms with Crippen molar-refractivity contribution < 1.29 is 4.74 Å². The molecule has 0 aliphatic carbocycles. The van der Waals surface area contributed by atoms with Crippen LogP contribution in [0.3, 0.4) is 0 Å². The van der Waals surface area contributed by atoms with Gasteiger partial charge in [-0.1, -0.05) is 0 Å². The molecular weight excluding hydrogens is 242 g/mol. The monoisotopic (exact) mass is 259 g/mol. The standard InChI is InChI=1S/C13H17N5O/c1-10(11-3-2-6-19-11)17-12-7-13(16-8-15-12)18-5-4-14-9-18/h4-5,7-11H,2-3,6H2,1H3,(H,15,16,17)/t10-,11+/m0/s1. The largest absolute Gasteiger partial charge is 0.376 e. The molecule has 19 heavy (non-hydrogen) atoms. The number of nitrogens with one attached hydrogen (secondary N) is 1. The second kappa shape index (κ2) is 5.36. The Labute approximate surface area is 111 Å². The highest BCUT2D eigenvalue weighted by Gasteiger charge is 2.22. The first-order chi connectivity index (χ1) is 9.33. The summed E-state index contributed by atoms with van der Waals surface area (Å²) in [7, 11) is 0. The zero-order valence-corrected chi connectivity index (χ0v) is 10.9. The van der Waals surface area contributed by atoms with Gasteiger partial charge in [-0.15, -0.1) is 0 Å². The summed E-state index contributed by atoms with van der Waals surface area (Å²) in [6.45, 7) is 2.98. The minimum atomic E-state index is 0.244. The van der Waals surface area contributed by atoms with Gasteiger partial charge >= 0.3 is 0 Å². The van der Waals surface area contributed by atoms with E-state index < -0.39 is 0 Å². The lowest BCUT2D eigenvalue weighted by Gasteiger charge is -2.20. The number of hydrogen-bond donors (Lipinski definition) is 1. The molecule has 3 rings (SSSR count). The Hall–Kier alpha value is -1.95. The fourth-order valence-corrected chi connectivity index (χ4v) is 2.28. The van der Waals surface area contributed by atoms with E-state index in [4.69, 9.17) is 4.74 Å². The average molecular weight is 259 g/mol. The van der Waals surface area contributed by atoms with Crippen LogP contribution in [0.4, 0.5) is 5.82 Å². The van der Waals surface area contributed by atoms with E-state index in [1.807, 2.05) is 16.8 Å². The van der Waals surface area contributed by atoms with Crippen LogP contribution < -0.4 is 5.32 Å². The molecule has 2 aromatic rings. The smallest absolute Gasteiger partial charge is 0.143 e. The highest BCUT2D eigenvalue weighted by atomic mass is 16.5. The molecule has 0 radical (unpaired) electrons. The normalized spacial score (nSPS) is 20.4. The summed E-state index contributed by atoms with van der Waals surface area (Å²) >= 11 is 0. The van der Waals surface area contributed by atoms with Crippen LogP contribution in [-0.2, 0) is 4.74 Å². The van der Waals surface area contributed by atoms with Gasteiger partial charge in [0, 0.05) is 25.1 Å². The van der Waals surface area contributed by atoms with Crippen molar-refractivity contribution in [2.75, 3.05) is 11.9 Å². The lowest BCUT2D eigenvalue weighted by Crippen LogP contribution is -2.30. The number of imidazole rings is 1. The summed E-state index contributed by atoms with van der Waals surface area (Å²) < 4.78 is 7.52. The average Bonchev–Trinajstić information content (AvgIpc) is 3.13. The van der Waals surface area contributed by atoms with E-state index in [0.717, 1.165) is 31.1 Å². The van der Waals surface area contributed by atoms with Crippen LogP contribution in [0.25, 0.3) is 5.82 Å². The molecule has 0 aromatic carbocycles. The topological polar surface area (TPSA) is 64.9 Å². The van der Waals surface area contributed by atoms with Gasteiger partial charge in [0.2, 0.25) is 0 Å². The Bertz CT molecular complexity index is 522. The van der Waals surface area contributed by atoms with Crippen LogP contribution in [0.5, 0.6) is 0 Å². The molecule has 0 unspecified atom stereocenters. The second-order valence-corrected chi connectivity index (χ2v) is 4.72. The predicted molar refractivity (Wildman–Crippen MR) is 71.2 cm³/mol. The zero-order valence-electron chi connectivity index (χ0n) is 10.9. The van der Waals surface area contributed by atoms with Crippen LogP contribution in [0.15, 0.2) is 31.1 Å². The molecule has 0 bridgehead atoms. The fraction of sp³-hybridized carbons (Fsp3) is 0.462. The Balaban J connectivity index is 1.72. The highest BCUT2D eigenvalue weighted by molar-refractivity contribution is 5.41. The van der Waals surface area contributed by atoms with Gasteiger partial charge in [-0.05, 0) is 19.8 Å². The van der Waals surface area contributed by atoms with Gasteiger partial charge in [0.25, 0.3) is 0 Å². The molecule has 0 amide bonds. The van der Waals surface area contributed by atoms with Crippen LogP contribution >= 0.6 is 0 Å². The lowest BCUT2D eigenvalue weighted by molar-refractivity contribution is 0.0995. The zero-order chi connectivity index (χ0) is 13.1.